The summed E-state index contributed by atoms with van der Waals surface area (Å²) in [6.07, 6.45) is 0.855. The Hall–Kier alpha value is -0.950. The standard InChI is InChI=1S/C11H15NO4S/c1-17(13,14)12-8-9-2-4-10(5-3-9)11-15-6-7-16-11/h2-5,11-12H,6-8H2,1H3. The summed E-state index contributed by atoms with van der Waals surface area (Å²) in [6.45, 7) is 1.52. The minimum atomic E-state index is -3.15. The molecular formula is C11H15NO4S. The maximum Gasteiger partial charge on any atom is 0.209 e. The van der Waals surface area contributed by atoms with Crippen molar-refractivity contribution in [3.05, 3.63) is 35.4 Å². The van der Waals surface area contributed by atoms with Gasteiger partial charge in [0, 0.05) is 12.1 Å². The fraction of sp³-hybridized carbons (Fsp3) is 0.455. The summed E-state index contributed by atoms with van der Waals surface area (Å²) in [6, 6.07) is 7.49. The van der Waals surface area contributed by atoms with E-state index in [1.54, 1.807) is 0 Å². The maximum absolute atomic E-state index is 10.9. The zero-order valence-electron chi connectivity index (χ0n) is 9.55. The lowest BCUT2D eigenvalue weighted by molar-refractivity contribution is -0.0441. The molecule has 1 aliphatic rings. The molecule has 0 aliphatic carbocycles. The van der Waals surface area contributed by atoms with Crippen molar-refractivity contribution >= 4 is 10.0 Å². The summed E-state index contributed by atoms with van der Waals surface area (Å²) in [7, 11) is -3.15. The van der Waals surface area contributed by atoms with E-state index in [-0.39, 0.29) is 6.29 Å². The van der Waals surface area contributed by atoms with E-state index >= 15 is 0 Å². The second-order valence-electron chi connectivity index (χ2n) is 3.91. The van der Waals surface area contributed by atoms with Crippen molar-refractivity contribution in [1.82, 2.24) is 4.72 Å². The molecule has 1 aliphatic heterocycles. The van der Waals surface area contributed by atoms with Crippen LogP contribution in [0.4, 0.5) is 0 Å². The van der Waals surface area contributed by atoms with Crippen molar-refractivity contribution in [3.8, 4) is 0 Å². The lowest BCUT2D eigenvalue weighted by Gasteiger charge is -2.10. The second kappa shape index (κ2) is 5.14. The Morgan fingerprint density at radius 3 is 2.35 bits per heavy atom. The summed E-state index contributed by atoms with van der Waals surface area (Å²) >= 11 is 0. The van der Waals surface area contributed by atoms with E-state index in [0.29, 0.717) is 19.8 Å². The fourth-order valence-electron chi connectivity index (χ4n) is 1.56. The first kappa shape index (κ1) is 12.5. The topological polar surface area (TPSA) is 64.6 Å². The molecule has 0 unspecified atom stereocenters. The zero-order chi connectivity index (χ0) is 12.3. The number of ether oxygens (including phenoxy) is 2. The average molecular weight is 257 g/mol. The quantitative estimate of drug-likeness (QED) is 0.865. The van der Waals surface area contributed by atoms with Crippen molar-refractivity contribution in [1.29, 1.82) is 0 Å². The van der Waals surface area contributed by atoms with Crippen LogP contribution >= 0.6 is 0 Å². The van der Waals surface area contributed by atoms with Gasteiger partial charge in [-0.2, -0.15) is 0 Å². The molecule has 1 saturated heterocycles. The Morgan fingerprint density at radius 2 is 1.82 bits per heavy atom. The van der Waals surface area contributed by atoms with E-state index < -0.39 is 10.0 Å². The van der Waals surface area contributed by atoms with Crippen LogP contribution in [0.5, 0.6) is 0 Å². The van der Waals surface area contributed by atoms with Gasteiger partial charge in [0.25, 0.3) is 0 Å². The van der Waals surface area contributed by atoms with Gasteiger partial charge >= 0.3 is 0 Å². The summed E-state index contributed by atoms with van der Waals surface area (Å²) in [5.74, 6) is 0. The molecule has 1 heterocycles. The first-order valence-corrected chi connectivity index (χ1v) is 7.20. The van der Waals surface area contributed by atoms with E-state index in [1.165, 1.54) is 0 Å². The Balaban J connectivity index is 1.97. The number of benzene rings is 1. The smallest absolute Gasteiger partial charge is 0.209 e. The Bertz CT molecular complexity index is 463. The minimum Gasteiger partial charge on any atom is -0.346 e. The third kappa shape index (κ3) is 3.78. The van der Waals surface area contributed by atoms with Crippen molar-refractivity contribution in [2.45, 2.75) is 12.8 Å². The highest BCUT2D eigenvalue weighted by atomic mass is 32.2. The van der Waals surface area contributed by atoms with Gasteiger partial charge in [0.2, 0.25) is 10.0 Å². The molecule has 1 N–H and O–H groups in total. The van der Waals surface area contributed by atoms with Gasteiger partial charge in [0.1, 0.15) is 0 Å². The Kier molecular flexibility index (Phi) is 3.78. The fourth-order valence-corrected chi connectivity index (χ4v) is 1.99. The summed E-state index contributed by atoms with van der Waals surface area (Å²) in [5, 5.41) is 0. The highest BCUT2D eigenvalue weighted by Crippen LogP contribution is 2.23. The minimum absolute atomic E-state index is 0.285. The van der Waals surface area contributed by atoms with Gasteiger partial charge in [-0.3, -0.25) is 0 Å². The Labute approximate surface area is 101 Å². The monoisotopic (exact) mass is 257 g/mol. The van der Waals surface area contributed by atoms with Crippen molar-refractivity contribution in [2.24, 2.45) is 0 Å². The lowest BCUT2D eigenvalue weighted by atomic mass is 10.1. The number of rotatable bonds is 4. The summed E-state index contributed by atoms with van der Waals surface area (Å²) in [5.41, 5.74) is 1.85. The Morgan fingerprint density at radius 1 is 1.24 bits per heavy atom. The van der Waals surface area contributed by atoms with E-state index in [1.807, 2.05) is 24.3 Å². The number of nitrogens with one attached hydrogen (secondary N) is 1. The van der Waals surface area contributed by atoms with Gasteiger partial charge < -0.3 is 9.47 Å². The van der Waals surface area contributed by atoms with Gasteiger partial charge in [-0.1, -0.05) is 24.3 Å². The van der Waals surface area contributed by atoms with Crippen LogP contribution in [0.25, 0.3) is 0 Å². The summed E-state index contributed by atoms with van der Waals surface area (Å²) in [4.78, 5) is 0. The molecule has 0 aromatic heterocycles. The number of hydrogen-bond acceptors (Lipinski definition) is 4. The average Bonchev–Trinajstić information content (AvgIpc) is 2.79. The van der Waals surface area contributed by atoms with Crippen LogP contribution < -0.4 is 4.72 Å². The van der Waals surface area contributed by atoms with E-state index in [2.05, 4.69) is 4.72 Å². The van der Waals surface area contributed by atoms with Crippen LogP contribution in [-0.2, 0) is 26.0 Å². The lowest BCUT2D eigenvalue weighted by Crippen LogP contribution is -2.21. The van der Waals surface area contributed by atoms with E-state index in [9.17, 15) is 8.42 Å². The highest BCUT2D eigenvalue weighted by Gasteiger charge is 2.17. The SMILES string of the molecule is CS(=O)(=O)NCc1ccc(C2OCCO2)cc1. The molecule has 0 bridgehead atoms. The van der Waals surface area contributed by atoms with Crippen LogP contribution in [0, 0.1) is 0 Å². The molecule has 94 valence electrons. The van der Waals surface area contributed by atoms with E-state index in [0.717, 1.165) is 17.4 Å². The van der Waals surface area contributed by atoms with Gasteiger partial charge in [0.05, 0.1) is 19.5 Å². The van der Waals surface area contributed by atoms with Gasteiger partial charge in [0.15, 0.2) is 6.29 Å². The molecular weight excluding hydrogens is 242 g/mol. The number of hydrogen-bond donors (Lipinski definition) is 1. The molecule has 5 nitrogen and oxygen atoms in total. The molecule has 1 aromatic carbocycles. The van der Waals surface area contributed by atoms with Crippen LogP contribution in [0.1, 0.15) is 17.4 Å². The molecule has 0 atom stereocenters. The molecule has 1 fully saturated rings. The second-order valence-corrected chi connectivity index (χ2v) is 5.74. The maximum atomic E-state index is 10.9. The largest absolute Gasteiger partial charge is 0.346 e. The molecule has 0 radical (unpaired) electrons. The number of sulfonamides is 1. The third-order valence-corrected chi connectivity index (χ3v) is 3.08. The van der Waals surface area contributed by atoms with Crippen LogP contribution in [0.2, 0.25) is 0 Å². The van der Waals surface area contributed by atoms with Crippen LogP contribution in [-0.4, -0.2) is 27.9 Å². The van der Waals surface area contributed by atoms with Crippen molar-refractivity contribution < 1.29 is 17.9 Å². The first-order valence-electron chi connectivity index (χ1n) is 5.31. The van der Waals surface area contributed by atoms with Gasteiger partial charge in [-0.05, 0) is 5.56 Å². The van der Waals surface area contributed by atoms with E-state index in [4.69, 9.17) is 9.47 Å². The van der Waals surface area contributed by atoms with Crippen LogP contribution in [0.3, 0.4) is 0 Å². The molecule has 2 rings (SSSR count). The molecule has 0 saturated carbocycles. The van der Waals surface area contributed by atoms with Crippen molar-refractivity contribution in [3.63, 3.8) is 0 Å². The van der Waals surface area contributed by atoms with Gasteiger partial charge in [-0.15, -0.1) is 0 Å². The van der Waals surface area contributed by atoms with Gasteiger partial charge in [-0.25, -0.2) is 13.1 Å². The predicted molar refractivity (Wildman–Crippen MR) is 62.8 cm³/mol. The highest BCUT2D eigenvalue weighted by molar-refractivity contribution is 7.88. The predicted octanol–water partition coefficient (Wildman–Crippen LogP) is 0.781. The first-order chi connectivity index (χ1) is 8.04. The molecule has 17 heavy (non-hydrogen) atoms. The van der Waals surface area contributed by atoms with Crippen LogP contribution in [0.15, 0.2) is 24.3 Å². The summed E-state index contributed by atoms with van der Waals surface area (Å²) < 4.78 is 35.0. The third-order valence-electron chi connectivity index (χ3n) is 2.41. The molecule has 1 aromatic rings. The molecule has 0 amide bonds. The normalized spacial score (nSPS) is 17.5. The van der Waals surface area contributed by atoms with Crippen molar-refractivity contribution in [2.75, 3.05) is 19.5 Å². The molecule has 0 spiro atoms. The molecule has 6 heteroatoms. The zero-order valence-corrected chi connectivity index (χ0v) is 10.4.